The SMILES string of the molecule is Cc1cc2c(cc1-c1cccc(C(N)=O)c1)NNC(Nc1ccc(S(=O)(=O)NCCN3CCCC3)cc1)=N2. The van der Waals surface area contributed by atoms with Gasteiger partial charge in [0.1, 0.15) is 0 Å². The minimum Gasteiger partial charge on any atom is -0.366 e. The number of aryl methyl sites for hydroxylation is 1. The van der Waals surface area contributed by atoms with E-state index in [-0.39, 0.29) is 4.90 Å². The molecule has 0 aromatic heterocycles. The molecule has 10 nitrogen and oxygen atoms in total. The van der Waals surface area contributed by atoms with Crippen LogP contribution in [0.3, 0.4) is 0 Å². The zero-order valence-corrected chi connectivity index (χ0v) is 21.9. The van der Waals surface area contributed by atoms with Crippen molar-refractivity contribution in [2.75, 3.05) is 36.9 Å². The number of guanidine groups is 1. The molecule has 1 amide bonds. The zero-order valence-electron chi connectivity index (χ0n) is 21.1. The van der Waals surface area contributed by atoms with Crippen molar-refractivity contribution in [2.45, 2.75) is 24.7 Å². The van der Waals surface area contributed by atoms with Crippen molar-refractivity contribution >= 4 is 39.0 Å². The van der Waals surface area contributed by atoms with E-state index in [0.29, 0.717) is 23.8 Å². The third-order valence-electron chi connectivity index (χ3n) is 6.69. The summed E-state index contributed by atoms with van der Waals surface area (Å²) in [5.41, 5.74) is 17.1. The lowest BCUT2D eigenvalue weighted by molar-refractivity contribution is 0.100. The molecule has 0 bridgehead atoms. The van der Waals surface area contributed by atoms with Crippen molar-refractivity contribution in [1.29, 1.82) is 0 Å². The number of carbonyl (C=O) groups is 1. The number of fused-ring (bicyclic) bond motifs is 1. The molecule has 1 fully saturated rings. The quantitative estimate of drug-likeness (QED) is 0.300. The summed E-state index contributed by atoms with van der Waals surface area (Å²) in [6, 6.07) is 17.7. The van der Waals surface area contributed by atoms with Crippen LogP contribution in [0.5, 0.6) is 0 Å². The largest absolute Gasteiger partial charge is 0.366 e. The molecule has 5 rings (SSSR count). The normalized spacial score (nSPS) is 15.2. The van der Waals surface area contributed by atoms with Crippen molar-refractivity contribution < 1.29 is 13.2 Å². The van der Waals surface area contributed by atoms with Gasteiger partial charge in [-0.3, -0.25) is 15.6 Å². The Kier molecular flexibility index (Phi) is 7.32. The van der Waals surface area contributed by atoms with Gasteiger partial charge in [0.25, 0.3) is 0 Å². The summed E-state index contributed by atoms with van der Waals surface area (Å²) in [6.07, 6.45) is 2.35. The van der Waals surface area contributed by atoms with Gasteiger partial charge >= 0.3 is 0 Å². The summed E-state index contributed by atoms with van der Waals surface area (Å²) >= 11 is 0. The highest BCUT2D eigenvalue weighted by molar-refractivity contribution is 7.89. The summed E-state index contributed by atoms with van der Waals surface area (Å²) in [4.78, 5) is 18.7. The molecule has 3 aromatic carbocycles. The molecule has 0 radical (unpaired) electrons. The van der Waals surface area contributed by atoms with Gasteiger partial charge in [-0.1, -0.05) is 12.1 Å². The van der Waals surface area contributed by atoms with Gasteiger partial charge in [-0.25, -0.2) is 18.1 Å². The second-order valence-electron chi connectivity index (χ2n) is 9.44. The Bertz CT molecular complexity index is 1480. The zero-order chi connectivity index (χ0) is 26.7. The van der Waals surface area contributed by atoms with Crippen LogP contribution < -0.4 is 26.6 Å². The summed E-state index contributed by atoms with van der Waals surface area (Å²) in [7, 11) is -3.57. The minimum absolute atomic E-state index is 0.218. The van der Waals surface area contributed by atoms with Crippen molar-refractivity contribution in [3.8, 4) is 11.1 Å². The molecule has 11 heteroatoms. The first-order valence-corrected chi connectivity index (χ1v) is 14.0. The Morgan fingerprint density at radius 3 is 2.55 bits per heavy atom. The molecule has 6 N–H and O–H groups in total. The number of benzene rings is 3. The van der Waals surface area contributed by atoms with Crippen LogP contribution >= 0.6 is 0 Å². The Morgan fingerprint density at radius 1 is 1.05 bits per heavy atom. The van der Waals surface area contributed by atoms with Crippen LogP contribution in [-0.2, 0) is 10.0 Å². The first kappa shape index (κ1) is 25.7. The van der Waals surface area contributed by atoms with Crippen LogP contribution in [0, 0.1) is 6.92 Å². The van der Waals surface area contributed by atoms with E-state index in [4.69, 9.17) is 5.73 Å². The van der Waals surface area contributed by atoms with Crippen LogP contribution in [0.2, 0.25) is 0 Å². The molecule has 0 saturated carbocycles. The van der Waals surface area contributed by atoms with Gasteiger partial charge in [0.05, 0.1) is 16.3 Å². The Morgan fingerprint density at radius 2 is 1.82 bits per heavy atom. The lowest BCUT2D eigenvalue weighted by atomic mass is 9.97. The molecule has 0 aliphatic carbocycles. The average molecular weight is 534 g/mol. The number of anilines is 2. The van der Waals surface area contributed by atoms with Gasteiger partial charge in [-0.15, -0.1) is 0 Å². The number of rotatable bonds is 8. The number of aliphatic imine (C=N–C) groups is 1. The van der Waals surface area contributed by atoms with E-state index in [0.717, 1.165) is 47.7 Å². The standard InChI is InChI=1S/C27H31N7O3S/c1-18-15-24-25(17-23(18)19-5-4-6-20(16-19)26(28)35)32-33-27(31-24)30-21-7-9-22(10-8-21)38(36,37)29-11-14-34-12-2-3-13-34/h4-10,15-17,29,32H,2-3,11-14H2,1H3,(H2,28,35)(H2,30,31,33). The number of nitrogens with one attached hydrogen (secondary N) is 4. The summed E-state index contributed by atoms with van der Waals surface area (Å²) in [5.74, 6) is 0.00158. The van der Waals surface area contributed by atoms with Gasteiger partial charge in [-0.2, -0.15) is 0 Å². The number of carbonyl (C=O) groups excluding carboxylic acids is 1. The minimum atomic E-state index is -3.57. The molecule has 1 saturated heterocycles. The molecule has 3 aromatic rings. The summed E-state index contributed by atoms with van der Waals surface area (Å²) < 4.78 is 28.0. The van der Waals surface area contributed by atoms with Crippen molar-refractivity contribution in [3.05, 3.63) is 71.8 Å². The number of nitrogens with zero attached hydrogens (tertiary/aromatic N) is 2. The van der Waals surface area contributed by atoms with E-state index in [2.05, 4.69) is 30.8 Å². The number of hydrogen-bond acceptors (Lipinski definition) is 8. The maximum atomic E-state index is 12.6. The third kappa shape index (κ3) is 5.80. The molecular formula is C27H31N7O3S. The summed E-state index contributed by atoms with van der Waals surface area (Å²) in [6.45, 7) is 5.16. The van der Waals surface area contributed by atoms with E-state index in [1.165, 1.54) is 12.8 Å². The van der Waals surface area contributed by atoms with Crippen molar-refractivity contribution in [1.82, 2.24) is 15.0 Å². The molecule has 2 aliphatic rings. The van der Waals surface area contributed by atoms with Crippen LogP contribution in [0.25, 0.3) is 11.1 Å². The monoisotopic (exact) mass is 533 g/mol. The highest BCUT2D eigenvalue weighted by Gasteiger charge is 2.18. The van der Waals surface area contributed by atoms with E-state index in [1.54, 1.807) is 42.5 Å². The van der Waals surface area contributed by atoms with E-state index >= 15 is 0 Å². The van der Waals surface area contributed by atoms with E-state index < -0.39 is 15.9 Å². The predicted molar refractivity (Wildman–Crippen MR) is 150 cm³/mol. The predicted octanol–water partition coefficient (Wildman–Crippen LogP) is 3.16. The van der Waals surface area contributed by atoms with Gasteiger partial charge in [0, 0.05) is 24.3 Å². The maximum Gasteiger partial charge on any atom is 0.248 e. The number of hydrogen-bond donors (Lipinski definition) is 5. The molecule has 0 spiro atoms. The molecule has 0 atom stereocenters. The van der Waals surface area contributed by atoms with Gasteiger partial charge < -0.3 is 16.0 Å². The fourth-order valence-corrected chi connectivity index (χ4v) is 5.67. The third-order valence-corrected chi connectivity index (χ3v) is 8.17. The summed E-state index contributed by atoms with van der Waals surface area (Å²) in [5, 5.41) is 3.17. The number of likely N-dealkylation sites (tertiary alicyclic amines) is 1. The molecule has 2 aliphatic heterocycles. The fourth-order valence-electron chi connectivity index (χ4n) is 4.65. The number of sulfonamides is 1. The topological polar surface area (TPSA) is 141 Å². The Hall–Kier alpha value is -3.93. The Balaban J connectivity index is 1.26. The number of primary amides is 1. The van der Waals surface area contributed by atoms with Crippen molar-refractivity contribution in [3.63, 3.8) is 0 Å². The number of hydrazine groups is 1. The average Bonchev–Trinajstić information content (AvgIpc) is 3.42. The first-order valence-electron chi connectivity index (χ1n) is 12.5. The molecule has 2 heterocycles. The molecule has 38 heavy (non-hydrogen) atoms. The lowest BCUT2D eigenvalue weighted by Crippen LogP contribution is -2.37. The number of nitrogens with two attached hydrogens (primary N) is 1. The fraction of sp³-hybridized carbons (Fsp3) is 0.259. The van der Waals surface area contributed by atoms with Gasteiger partial charge in [-0.05, 0) is 98.1 Å². The highest BCUT2D eigenvalue weighted by Crippen LogP contribution is 2.35. The maximum absolute atomic E-state index is 12.6. The van der Waals surface area contributed by atoms with Gasteiger partial charge in [0.15, 0.2) is 0 Å². The molecular weight excluding hydrogens is 502 g/mol. The second kappa shape index (κ2) is 10.8. The highest BCUT2D eigenvalue weighted by atomic mass is 32.2. The van der Waals surface area contributed by atoms with Crippen LogP contribution in [0.15, 0.2) is 70.6 Å². The van der Waals surface area contributed by atoms with Crippen LogP contribution in [-0.4, -0.2) is 51.4 Å². The smallest absolute Gasteiger partial charge is 0.248 e. The van der Waals surface area contributed by atoms with Crippen molar-refractivity contribution in [2.24, 2.45) is 10.7 Å². The second-order valence-corrected chi connectivity index (χ2v) is 11.2. The van der Waals surface area contributed by atoms with Crippen LogP contribution in [0.4, 0.5) is 17.1 Å². The van der Waals surface area contributed by atoms with E-state index in [1.807, 2.05) is 25.1 Å². The number of amides is 1. The molecule has 198 valence electrons. The Labute approximate surface area is 222 Å². The first-order chi connectivity index (χ1) is 18.3. The molecule has 0 unspecified atom stereocenters. The van der Waals surface area contributed by atoms with Gasteiger partial charge in [0.2, 0.25) is 21.9 Å². The lowest BCUT2D eigenvalue weighted by Gasteiger charge is -2.22. The van der Waals surface area contributed by atoms with E-state index in [9.17, 15) is 13.2 Å². The van der Waals surface area contributed by atoms with Crippen LogP contribution in [0.1, 0.15) is 28.8 Å².